The van der Waals surface area contributed by atoms with Crippen molar-refractivity contribution >= 4 is 16.7 Å². The van der Waals surface area contributed by atoms with E-state index < -0.39 is 0 Å². The first-order chi connectivity index (χ1) is 10.3. The highest BCUT2D eigenvalue weighted by atomic mass is 16.5. The summed E-state index contributed by atoms with van der Waals surface area (Å²) < 4.78 is 5.56. The molecule has 3 aromatic rings. The van der Waals surface area contributed by atoms with Crippen molar-refractivity contribution in [2.24, 2.45) is 0 Å². The summed E-state index contributed by atoms with van der Waals surface area (Å²) in [5, 5.41) is 2.10. The molecule has 0 bridgehead atoms. The molecule has 0 spiro atoms. The molecule has 4 rings (SSSR count). The lowest BCUT2D eigenvalue weighted by Crippen LogP contribution is -2.21. The molecule has 0 amide bonds. The number of benzene rings is 3. The fraction of sp³-hybridized carbons (Fsp3) is 0.105. The molecule has 0 fully saturated rings. The smallest absolute Gasteiger partial charge is 0.312 e. The highest BCUT2D eigenvalue weighted by Gasteiger charge is 2.29. The molecule has 0 aliphatic carbocycles. The Morgan fingerprint density at radius 2 is 1.62 bits per heavy atom. The highest BCUT2D eigenvalue weighted by Crippen LogP contribution is 2.42. The normalized spacial score (nSPS) is 17.3. The SMILES string of the molecule is O=C1C[C@H](c2ccccc2)c2ccc3ccccc3c2O1. The quantitative estimate of drug-likeness (QED) is 0.489. The first-order valence-electron chi connectivity index (χ1n) is 7.10. The van der Waals surface area contributed by atoms with Gasteiger partial charge in [0.05, 0.1) is 6.42 Å². The van der Waals surface area contributed by atoms with Crippen LogP contribution in [0.5, 0.6) is 5.75 Å². The minimum Gasteiger partial charge on any atom is -0.426 e. The van der Waals surface area contributed by atoms with Crippen molar-refractivity contribution in [2.75, 3.05) is 0 Å². The Bertz CT molecular complexity index is 821. The molecule has 1 aliphatic heterocycles. The van der Waals surface area contributed by atoms with Crippen molar-refractivity contribution < 1.29 is 9.53 Å². The molecule has 0 saturated heterocycles. The maximum absolute atomic E-state index is 12.0. The third-order valence-electron chi connectivity index (χ3n) is 4.07. The van der Waals surface area contributed by atoms with Crippen LogP contribution in [0, 0.1) is 0 Å². The molecule has 0 aromatic heterocycles. The van der Waals surface area contributed by atoms with E-state index in [2.05, 4.69) is 24.3 Å². The Kier molecular flexibility index (Phi) is 2.74. The van der Waals surface area contributed by atoms with E-state index in [0.717, 1.165) is 27.6 Å². The first kappa shape index (κ1) is 12.2. The van der Waals surface area contributed by atoms with Gasteiger partial charge in [0.2, 0.25) is 0 Å². The van der Waals surface area contributed by atoms with Crippen LogP contribution in [0.2, 0.25) is 0 Å². The standard InChI is InChI=1S/C19H14O2/c20-18-12-17(13-6-2-1-3-7-13)16-11-10-14-8-4-5-9-15(14)19(16)21-18/h1-11,17H,12H2/t17-/m1/s1. The predicted octanol–water partition coefficient (Wildman–Crippen LogP) is 4.28. The molecule has 2 nitrogen and oxygen atoms in total. The number of ether oxygens (including phenoxy) is 1. The summed E-state index contributed by atoms with van der Waals surface area (Å²) in [7, 11) is 0. The van der Waals surface area contributed by atoms with Gasteiger partial charge in [0, 0.05) is 16.9 Å². The summed E-state index contributed by atoms with van der Waals surface area (Å²) >= 11 is 0. The topological polar surface area (TPSA) is 26.3 Å². The number of hydrogen-bond acceptors (Lipinski definition) is 2. The molecule has 1 aliphatic rings. The Balaban J connectivity index is 1.95. The van der Waals surface area contributed by atoms with Crippen molar-refractivity contribution in [3.8, 4) is 5.75 Å². The maximum atomic E-state index is 12.0. The van der Waals surface area contributed by atoms with E-state index in [0.29, 0.717) is 6.42 Å². The summed E-state index contributed by atoms with van der Waals surface area (Å²) in [6.07, 6.45) is 0.398. The van der Waals surface area contributed by atoms with Gasteiger partial charge in [-0.05, 0) is 10.9 Å². The Labute approximate surface area is 123 Å². The van der Waals surface area contributed by atoms with Crippen LogP contribution >= 0.6 is 0 Å². The zero-order valence-electron chi connectivity index (χ0n) is 11.5. The third kappa shape index (κ3) is 2.00. The molecule has 0 saturated carbocycles. The summed E-state index contributed by atoms with van der Waals surface area (Å²) in [4.78, 5) is 12.0. The van der Waals surface area contributed by atoms with Crippen LogP contribution in [0.3, 0.4) is 0 Å². The predicted molar refractivity (Wildman–Crippen MR) is 82.5 cm³/mol. The van der Waals surface area contributed by atoms with E-state index in [4.69, 9.17) is 4.74 Å². The maximum Gasteiger partial charge on any atom is 0.312 e. The molecule has 21 heavy (non-hydrogen) atoms. The molecule has 2 heteroatoms. The molecule has 0 radical (unpaired) electrons. The highest BCUT2D eigenvalue weighted by molar-refractivity contribution is 5.93. The summed E-state index contributed by atoms with van der Waals surface area (Å²) in [5.74, 6) is 0.637. The average Bonchev–Trinajstić information content (AvgIpc) is 2.55. The van der Waals surface area contributed by atoms with Gasteiger partial charge in [-0.15, -0.1) is 0 Å². The third-order valence-corrected chi connectivity index (χ3v) is 4.07. The van der Waals surface area contributed by atoms with E-state index in [9.17, 15) is 4.79 Å². The summed E-state index contributed by atoms with van der Waals surface area (Å²) in [6, 6.07) is 22.4. The summed E-state index contributed by atoms with van der Waals surface area (Å²) in [5.41, 5.74) is 2.25. The lowest BCUT2D eigenvalue weighted by Gasteiger charge is -2.26. The van der Waals surface area contributed by atoms with Gasteiger partial charge in [0.25, 0.3) is 0 Å². The van der Waals surface area contributed by atoms with Crippen molar-refractivity contribution in [1.82, 2.24) is 0 Å². The number of carbonyl (C=O) groups excluding carboxylic acids is 1. The minimum absolute atomic E-state index is 0.0760. The van der Waals surface area contributed by atoms with Crippen LogP contribution in [-0.4, -0.2) is 5.97 Å². The van der Waals surface area contributed by atoms with Crippen LogP contribution in [0.25, 0.3) is 10.8 Å². The lowest BCUT2D eigenvalue weighted by atomic mass is 9.85. The van der Waals surface area contributed by atoms with Crippen LogP contribution in [0.4, 0.5) is 0 Å². The van der Waals surface area contributed by atoms with Gasteiger partial charge in [-0.1, -0.05) is 66.7 Å². The van der Waals surface area contributed by atoms with E-state index in [1.165, 1.54) is 0 Å². The molecule has 1 atom stereocenters. The number of esters is 1. The summed E-state index contributed by atoms with van der Waals surface area (Å²) in [6.45, 7) is 0. The monoisotopic (exact) mass is 274 g/mol. The molecular weight excluding hydrogens is 260 g/mol. The first-order valence-corrected chi connectivity index (χ1v) is 7.10. The molecular formula is C19H14O2. The largest absolute Gasteiger partial charge is 0.426 e. The van der Waals surface area contributed by atoms with E-state index in [1.54, 1.807) is 0 Å². The van der Waals surface area contributed by atoms with Gasteiger partial charge in [-0.2, -0.15) is 0 Å². The van der Waals surface area contributed by atoms with Crippen molar-refractivity contribution in [3.05, 3.63) is 77.9 Å². The zero-order valence-corrected chi connectivity index (χ0v) is 11.5. The minimum atomic E-state index is -0.160. The fourth-order valence-electron chi connectivity index (χ4n) is 3.06. The Morgan fingerprint density at radius 3 is 2.48 bits per heavy atom. The van der Waals surface area contributed by atoms with Gasteiger partial charge in [-0.25, -0.2) is 0 Å². The van der Waals surface area contributed by atoms with Gasteiger partial charge >= 0.3 is 5.97 Å². The zero-order chi connectivity index (χ0) is 14.2. The molecule has 1 heterocycles. The second-order valence-corrected chi connectivity index (χ2v) is 5.35. The van der Waals surface area contributed by atoms with Gasteiger partial charge in [0.1, 0.15) is 5.75 Å². The van der Waals surface area contributed by atoms with E-state index in [-0.39, 0.29) is 11.9 Å². The van der Waals surface area contributed by atoms with Crippen LogP contribution < -0.4 is 4.74 Å². The van der Waals surface area contributed by atoms with Crippen LogP contribution in [-0.2, 0) is 4.79 Å². The van der Waals surface area contributed by atoms with Gasteiger partial charge < -0.3 is 4.74 Å². The molecule has 0 unspecified atom stereocenters. The number of rotatable bonds is 1. The molecule has 0 N–H and O–H groups in total. The van der Waals surface area contributed by atoms with Gasteiger partial charge in [0.15, 0.2) is 0 Å². The number of fused-ring (bicyclic) bond motifs is 3. The van der Waals surface area contributed by atoms with Crippen LogP contribution in [0.15, 0.2) is 66.7 Å². The van der Waals surface area contributed by atoms with E-state index >= 15 is 0 Å². The van der Waals surface area contributed by atoms with Crippen LogP contribution in [0.1, 0.15) is 23.5 Å². The van der Waals surface area contributed by atoms with Gasteiger partial charge in [-0.3, -0.25) is 4.79 Å². The van der Waals surface area contributed by atoms with Crippen molar-refractivity contribution in [3.63, 3.8) is 0 Å². The fourth-order valence-corrected chi connectivity index (χ4v) is 3.06. The average molecular weight is 274 g/mol. The molecule has 102 valence electrons. The van der Waals surface area contributed by atoms with E-state index in [1.807, 2.05) is 42.5 Å². The number of carbonyl (C=O) groups is 1. The number of hydrogen-bond donors (Lipinski definition) is 0. The second-order valence-electron chi connectivity index (χ2n) is 5.35. The molecule has 3 aromatic carbocycles. The Morgan fingerprint density at radius 1 is 0.857 bits per heavy atom. The van der Waals surface area contributed by atoms with Crippen molar-refractivity contribution in [1.29, 1.82) is 0 Å². The second kappa shape index (κ2) is 4.74. The van der Waals surface area contributed by atoms with Crippen molar-refractivity contribution in [2.45, 2.75) is 12.3 Å². The Hall–Kier alpha value is -2.61. The lowest BCUT2D eigenvalue weighted by molar-refractivity contribution is -0.135.